The van der Waals surface area contributed by atoms with Crippen LogP contribution in [0.2, 0.25) is 0 Å². The minimum atomic E-state index is 0.547. The van der Waals surface area contributed by atoms with Gasteiger partial charge in [0.15, 0.2) is 0 Å². The van der Waals surface area contributed by atoms with Gasteiger partial charge < -0.3 is 9.80 Å². The molecule has 0 atom stereocenters. The molecular weight excluding hydrogens is 338 g/mol. The molecule has 2 aliphatic rings. The normalized spacial score (nSPS) is 19.4. The van der Waals surface area contributed by atoms with Crippen molar-refractivity contribution >= 4 is 17.2 Å². The number of hydrogen-bond acceptors (Lipinski definition) is 3. The van der Waals surface area contributed by atoms with E-state index in [4.69, 9.17) is 5.41 Å². The van der Waals surface area contributed by atoms with Gasteiger partial charge in [0.05, 0.1) is 4.88 Å². The van der Waals surface area contributed by atoms with E-state index in [1.807, 2.05) is 0 Å². The molecule has 1 aromatic heterocycles. The number of piperidine rings is 1. The lowest BCUT2D eigenvalue weighted by molar-refractivity contribution is 0.154. The standard InChI is InChI=1S/C22H29N3S/c1-17-4-6-18(7-5-17)8-13-24-14-9-20(10-15-24)25-12-2-3-19-11-16-26-21(19)22(25)23/h4-7,11,16,20,23H,2-3,8-10,12-15H2,1H3. The van der Waals surface area contributed by atoms with Crippen molar-refractivity contribution in [3.63, 3.8) is 0 Å². The highest BCUT2D eigenvalue weighted by atomic mass is 32.1. The summed E-state index contributed by atoms with van der Waals surface area (Å²) < 4.78 is 0. The molecule has 2 aliphatic heterocycles. The Morgan fingerprint density at radius 2 is 1.85 bits per heavy atom. The van der Waals surface area contributed by atoms with E-state index in [0.29, 0.717) is 6.04 Å². The molecule has 0 spiro atoms. The van der Waals surface area contributed by atoms with Crippen molar-refractivity contribution < 1.29 is 0 Å². The van der Waals surface area contributed by atoms with E-state index >= 15 is 0 Å². The van der Waals surface area contributed by atoms with Crippen LogP contribution in [0.15, 0.2) is 35.7 Å². The Balaban J connectivity index is 1.30. The molecule has 4 rings (SSSR count). The summed E-state index contributed by atoms with van der Waals surface area (Å²) in [6.07, 6.45) is 5.84. The summed E-state index contributed by atoms with van der Waals surface area (Å²) in [5, 5.41) is 10.9. The van der Waals surface area contributed by atoms with E-state index in [-0.39, 0.29) is 0 Å². The highest BCUT2D eigenvalue weighted by molar-refractivity contribution is 7.12. The van der Waals surface area contributed by atoms with Crippen molar-refractivity contribution in [3.8, 4) is 0 Å². The monoisotopic (exact) mass is 367 g/mol. The average Bonchev–Trinajstić information content (AvgIpc) is 3.08. The number of hydrogen-bond donors (Lipinski definition) is 1. The first kappa shape index (κ1) is 17.7. The van der Waals surface area contributed by atoms with Crippen LogP contribution in [0.5, 0.6) is 0 Å². The fourth-order valence-corrected chi connectivity index (χ4v) is 5.20. The Hall–Kier alpha value is -1.65. The van der Waals surface area contributed by atoms with E-state index in [9.17, 15) is 0 Å². The van der Waals surface area contributed by atoms with Crippen LogP contribution in [0.3, 0.4) is 0 Å². The van der Waals surface area contributed by atoms with Crippen LogP contribution in [0.25, 0.3) is 0 Å². The lowest BCUT2D eigenvalue weighted by Crippen LogP contribution is -2.47. The zero-order valence-corrected chi connectivity index (χ0v) is 16.5. The second-order valence-corrected chi connectivity index (χ2v) is 8.65. The molecule has 0 amide bonds. The van der Waals surface area contributed by atoms with Crippen molar-refractivity contribution in [2.75, 3.05) is 26.2 Å². The van der Waals surface area contributed by atoms with Gasteiger partial charge in [0, 0.05) is 32.2 Å². The van der Waals surface area contributed by atoms with Crippen molar-refractivity contribution in [1.29, 1.82) is 5.41 Å². The van der Waals surface area contributed by atoms with Gasteiger partial charge in [-0.3, -0.25) is 5.41 Å². The first-order chi connectivity index (χ1) is 12.7. The molecule has 0 radical (unpaired) electrons. The summed E-state index contributed by atoms with van der Waals surface area (Å²) in [5.74, 6) is 0.783. The highest BCUT2D eigenvalue weighted by Gasteiger charge is 2.29. The largest absolute Gasteiger partial charge is 0.353 e. The molecule has 0 bridgehead atoms. The summed E-state index contributed by atoms with van der Waals surface area (Å²) in [5.41, 5.74) is 4.17. The van der Waals surface area contributed by atoms with Crippen LogP contribution >= 0.6 is 11.3 Å². The predicted molar refractivity (Wildman–Crippen MR) is 111 cm³/mol. The number of thiophene rings is 1. The van der Waals surface area contributed by atoms with Gasteiger partial charge in [-0.1, -0.05) is 29.8 Å². The summed E-state index contributed by atoms with van der Waals surface area (Å²) in [7, 11) is 0. The maximum absolute atomic E-state index is 8.70. The van der Waals surface area contributed by atoms with Crippen LogP contribution in [0, 0.1) is 12.3 Å². The lowest BCUT2D eigenvalue weighted by atomic mass is 10.0. The third-order valence-electron chi connectivity index (χ3n) is 5.93. The smallest absolute Gasteiger partial charge is 0.138 e. The number of benzene rings is 1. The molecule has 0 aliphatic carbocycles. The Morgan fingerprint density at radius 1 is 1.08 bits per heavy atom. The zero-order valence-electron chi connectivity index (χ0n) is 15.7. The molecule has 0 saturated carbocycles. The Kier molecular flexibility index (Phi) is 5.41. The summed E-state index contributed by atoms with van der Waals surface area (Å²) in [6, 6.07) is 11.7. The summed E-state index contributed by atoms with van der Waals surface area (Å²) in [6.45, 7) is 6.68. The van der Waals surface area contributed by atoms with Gasteiger partial charge in [-0.2, -0.15) is 0 Å². The Labute approximate surface area is 161 Å². The van der Waals surface area contributed by atoms with Crippen LogP contribution in [-0.4, -0.2) is 47.9 Å². The van der Waals surface area contributed by atoms with Gasteiger partial charge in [-0.25, -0.2) is 0 Å². The van der Waals surface area contributed by atoms with Crippen LogP contribution < -0.4 is 0 Å². The number of amidine groups is 1. The Bertz CT molecular complexity index is 741. The SMILES string of the molecule is Cc1ccc(CCN2CCC(N3CCCc4ccsc4C3=N)CC2)cc1. The predicted octanol–water partition coefficient (Wildman–Crippen LogP) is 4.34. The molecule has 1 fully saturated rings. The molecule has 2 aromatic rings. The fraction of sp³-hybridized carbons (Fsp3) is 0.500. The molecule has 1 saturated heterocycles. The quantitative estimate of drug-likeness (QED) is 0.871. The molecule has 1 aromatic carbocycles. The molecule has 3 nitrogen and oxygen atoms in total. The topological polar surface area (TPSA) is 30.3 Å². The first-order valence-corrected chi connectivity index (χ1v) is 10.8. The third kappa shape index (κ3) is 3.86. The van der Waals surface area contributed by atoms with E-state index in [1.54, 1.807) is 11.3 Å². The molecule has 26 heavy (non-hydrogen) atoms. The van der Waals surface area contributed by atoms with Crippen LogP contribution in [-0.2, 0) is 12.8 Å². The van der Waals surface area contributed by atoms with Crippen molar-refractivity contribution in [1.82, 2.24) is 9.80 Å². The van der Waals surface area contributed by atoms with Gasteiger partial charge in [0.1, 0.15) is 5.84 Å². The third-order valence-corrected chi connectivity index (χ3v) is 6.89. The van der Waals surface area contributed by atoms with Gasteiger partial charge in [0.2, 0.25) is 0 Å². The van der Waals surface area contributed by atoms with Crippen LogP contribution in [0.4, 0.5) is 0 Å². The molecule has 138 valence electrons. The van der Waals surface area contributed by atoms with Gasteiger partial charge in [-0.05, 0) is 61.6 Å². The molecule has 0 unspecified atom stereocenters. The van der Waals surface area contributed by atoms with Gasteiger partial charge in [-0.15, -0.1) is 11.3 Å². The maximum Gasteiger partial charge on any atom is 0.138 e. The lowest BCUT2D eigenvalue weighted by Gasteiger charge is -2.39. The summed E-state index contributed by atoms with van der Waals surface area (Å²) >= 11 is 1.75. The molecule has 3 heterocycles. The van der Waals surface area contributed by atoms with E-state index in [1.165, 1.54) is 40.8 Å². The maximum atomic E-state index is 8.70. The number of rotatable bonds is 4. The fourth-order valence-electron chi connectivity index (χ4n) is 4.28. The second kappa shape index (κ2) is 7.93. The van der Waals surface area contributed by atoms with Gasteiger partial charge >= 0.3 is 0 Å². The first-order valence-electron chi connectivity index (χ1n) is 9.90. The number of likely N-dealkylation sites (tertiary alicyclic amines) is 1. The Morgan fingerprint density at radius 3 is 2.62 bits per heavy atom. The second-order valence-electron chi connectivity index (χ2n) is 7.73. The molecule has 4 heteroatoms. The van der Waals surface area contributed by atoms with Crippen molar-refractivity contribution in [2.24, 2.45) is 0 Å². The summed E-state index contributed by atoms with van der Waals surface area (Å²) in [4.78, 5) is 6.22. The minimum absolute atomic E-state index is 0.547. The highest BCUT2D eigenvalue weighted by Crippen LogP contribution is 2.27. The number of aryl methyl sites for hydroxylation is 2. The van der Waals surface area contributed by atoms with Crippen molar-refractivity contribution in [3.05, 3.63) is 57.3 Å². The number of fused-ring (bicyclic) bond motifs is 1. The minimum Gasteiger partial charge on any atom is -0.353 e. The number of nitrogens with one attached hydrogen (secondary N) is 1. The number of nitrogens with zero attached hydrogens (tertiary/aromatic N) is 2. The van der Waals surface area contributed by atoms with E-state index < -0.39 is 0 Å². The molecular formula is C22H29N3S. The zero-order chi connectivity index (χ0) is 17.9. The van der Waals surface area contributed by atoms with E-state index in [0.717, 1.165) is 44.9 Å². The van der Waals surface area contributed by atoms with E-state index in [2.05, 4.69) is 52.4 Å². The van der Waals surface area contributed by atoms with Crippen LogP contribution in [0.1, 0.15) is 40.8 Å². The molecule has 1 N–H and O–H groups in total. The average molecular weight is 368 g/mol. The van der Waals surface area contributed by atoms with Crippen molar-refractivity contribution in [2.45, 2.75) is 45.1 Å². The van der Waals surface area contributed by atoms with Gasteiger partial charge in [0.25, 0.3) is 0 Å².